The van der Waals surface area contributed by atoms with Crippen LogP contribution >= 0.6 is 11.6 Å². The van der Waals surface area contributed by atoms with Crippen molar-refractivity contribution in [3.05, 3.63) is 70.5 Å². The van der Waals surface area contributed by atoms with Gasteiger partial charge in [0.15, 0.2) is 0 Å². The van der Waals surface area contributed by atoms with E-state index in [0.717, 1.165) is 31.2 Å². The molecule has 0 unspecified atom stereocenters. The van der Waals surface area contributed by atoms with Crippen molar-refractivity contribution in [2.75, 3.05) is 26.2 Å². The minimum atomic E-state index is -0.300. The predicted molar refractivity (Wildman–Crippen MR) is 123 cm³/mol. The molecule has 5 nitrogen and oxygen atoms in total. The van der Waals surface area contributed by atoms with Crippen molar-refractivity contribution in [3.8, 4) is 0 Å². The summed E-state index contributed by atoms with van der Waals surface area (Å²) in [4.78, 5) is 30.1. The fraction of sp³-hybridized carbons (Fsp3) is 0.440. The molecule has 4 rings (SSSR count). The number of halogens is 2. The van der Waals surface area contributed by atoms with Crippen molar-refractivity contribution in [2.45, 2.75) is 38.3 Å². The number of benzene rings is 2. The molecule has 0 bridgehead atoms. The Morgan fingerprint density at radius 3 is 2.38 bits per heavy atom. The van der Waals surface area contributed by atoms with Gasteiger partial charge in [-0.3, -0.25) is 14.5 Å². The zero-order chi connectivity index (χ0) is 22.5. The maximum atomic E-state index is 13.5. The Morgan fingerprint density at radius 2 is 1.72 bits per heavy atom. The van der Waals surface area contributed by atoms with Crippen LogP contribution in [0.5, 0.6) is 0 Å². The second-order valence-electron chi connectivity index (χ2n) is 8.67. The summed E-state index contributed by atoms with van der Waals surface area (Å²) >= 11 is 5.93. The quantitative estimate of drug-likeness (QED) is 0.710. The number of amides is 2. The molecule has 32 heavy (non-hydrogen) atoms. The van der Waals surface area contributed by atoms with Crippen LogP contribution in [0, 0.1) is 11.7 Å². The fourth-order valence-corrected chi connectivity index (χ4v) is 5.00. The van der Waals surface area contributed by atoms with Crippen LogP contribution in [-0.4, -0.2) is 53.8 Å². The second kappa shape index (κ2) is 10.5. The molecule has 1 atom stereocenters. The normalized spacial score (nSPS) is 18.5. The smallest absolute Gasteiger partial charge is 0.253 e. The van der Waals surface area contributed by atoms with Crippen molar-refractivity contribution < 1.29 is 14.0 Å². The number of piperazine rings is 1. The average molecular weight is 458 g/mol. The van der Waals surface area contributed by atoms with Crippen LogP contribution in [0.2, 0.25) is 5.02 Å². The maximum absolute atomic E-state index is 13.5. The van der Waals surface area contributed by atoms with Crippen LogP contribution in [0.1, 0.15) is 41.6 Å². The van der Waals surface area contributed by atoms with Gasteiger partial charge >= 0.3 is 0 Å². The van der Waals surface area contributed by atoms with Crippen molar-refractivity contribution in [2.24, 2.45) is 5.92 Å². The second-order valence-corrected chi connectivity index (χ2v) is 9.11. The monoisotopic (exact) mass is 457 g/mol. The Kier molecular flexibility index (Phi) is 7.43. The molecule has 2 amide bonds. The summed E-state index contributed by atoms with van der Waals surface area (Å²) in [6.07, 6.45) is 4.38. The Balaban J connectivity index is 1.38. The van der Waals surface area contributed by atoms with Crippen LogP contribution < -0.4 is 5.32 Å². The van der Waals surface area contributed by atoms with Crippen LogP contribution in [0.3, 0.4) is 0 Å². The topological polar surface area (TPSA) is 52.7 Å². The highest BCUT2D eigenvalue weighted by molar-refractivity contribution is 6.30. The average Bonchev–Trinajstić information content (AvgIpc) is 3.33. The molecule has 2 aromatic rings. The summed E-state index contributed by atoms with van der Waals surface area (Å²) in [5, 5.41) is 3.63. The lowest BCUT2D eigenvalue weighted by molar-refractivity contribution is -0.129. The van der Waals surface area contributed by atoms with E-state index in [2.05, 4.69) is 10.2 Å². The lowest BCUT2D eigenvalue weighted by atomic mass is 9.94. The highest BCUT2D eigenvalue weighted by Crippen LogP contribution is 2.31. The number of nitrogens with one attached hydrogen (secondary N) is 1. The number of hydrogen-bond acceptors (Lipinski definition) is 3. The third-order valence-corrected chi connectivity index (χ3v) is 6.81. The Bertz CT molecular complexity index is 938. The van der Waals surface area contributed by atoms with Gasteiger partial charge in [0.25, 0.3) is 5.91 Å². The number of hydrogen-bond donors (Lipinski definition) is 1. The molecule has 170 valence electrons. The zero-order valence-electron chi connectivity index (χ0n) is 18.1. The van der Waals surface area contributed by atoms with Crippen molar-refractivity contribution >= 4 is 23.4 Å². The van der Waals surface area contributed by atoms with Gasteiger partial charge in [0.2, 0.25) is 5.91 Å². The van der Waals surface area contributed by atoms with E-state index < -0.39 is 0 Å². The highest BCUT2D eigenvalue weighted by Gasteiger charge is 2.37. The van der Waals surface area contributed by atoms with E-state index in [1.807, 2.05) is 11.0 Å². The third kappa shape index (κ3) is 5.48. The van der Waals surface area contributed by atoms with E-state index in [0.29, 0.717) is 49.2 Å². The van der Waals surface area contributed by atoms with Gasteiger partial charge in [0.1, 0.15) is 5.82 Å². The van der Waals surface area contributed by atoms with Gasteiger partial charge in [-0.25, -0.2) is 4.39 Å². The van der Waals surface area contributed by atoms with Gasteiger partial charge < -0.3 is 10.2 Å². The van der Waals surface area contributed by atoms with E-state index in [9.17, 15) is 14.0 Å². The first kappa shape index (κ1) is 22.7. The Labute approximate surface area is 193 Å². The molecule has 1 saturated carbocycles. The minimum absolute atomic E-state index is 0.00126. The first-order chi connectivity index (χ1) is 15.5. The number of carbonyl (C=O) groups excluding carboxylic acids is 2. The van der Waals surface area contributed by atoms with Gasteiger partial charge in [0, 0.05) is 43.3 Å². The van der Waals surface area contributed by atoms with Crippen LogP contribution in [0.15, 0.2) is 48.5 Å². The van der Waals surface area contributed by atoms with E-state index >= 15 is 0 Å². The molecule has 0 radical (unpaired) electrons. The van der Waals surface area contributed by atoms with E-state index in [1.165, 1.54) is 12.1 Å². The molecule has 1 saturated heterocycles. The summed E-state index contributed by atoms with van der Waals surface area (Å²) in [5.41, 5.74) is 1.38. The van der Waals surface area contributed by atoms with Gasteiger partial charge in [-0.1, -0.05) is 36.6 Å². The summed E-state index contributed by atoms with van der Waals surface area (Å²) in [6.45, 7) is 2.81. The standard InChI is InChI=1S/C25H29ClFN3O2/c26-21-10-8-20(9-11-21)25(32)30-14-12-29(13-15-30)23(19-5-1-2-6-19)24(31)28-17-18-4-3-7-22(27)16-18/h3-4,7-11,16,19,23H,1-2,5-6,12-15,17H2,(H,28,31)/t23-/m1/s1. The lowest BCUT2D eigenvalue weighted by Crippen LogP contribution is -2.57. The third-order valence-electron chi connectivity index (χ3n) is 6.56. The number of rotatable bonds is 6. The van der Waals surface area contributed by atoms with Gasteiger partial charge in [-0.05, 0) is 60.7 Å². The van der Waals surface area contributed by atoms with Gasteiger partial charge in [-0.15, -0.1) is 0 Å². The van der Waals surface area contributed by atoms with Gasteiger partial charge in [-0.2, -0.15) is 0 Å². The highest BCUT2D eigenvalue weighted by atomic mass is 35.5. The van der Waals surface area contributed by atoms with Crippen LogP contribution in [0.4, 0.5) is 4.39 Å². The lowest BCUT2D eigenvalue weighted by Gasteiger charge is -2.40. The molecule has 1 aliphatic heterocycles. The molecule has 7 heteroatoms. The number of carbonyl (C=O) groups is 2. The minimum Gasteiger partial charge on any atom is -0.351 e. The molecule has 0 aromatic heterocycles. The first-order valence-corrected chi connectivity index (χ1v) is 11.7. The molecular weight excluding hydrogens is 429 g/mol. The van der Waals surface area contributed by atoms with Gasteiger partial charge in [0.05, 0.1) is 6.04 Å². The van der Waals surface area contributed by atoms with E-state index in [4.69, 9.17) is 11.6 Å². The zero-order valence-corrected chi connectivity index (χ0v) is 18.9. The molecule has 0 spiro atoms. The molecule has 2 fully saturated rings. The van der Waals surface area contributed by atoms with Crippen molar-refractivity contribution in [3.63, 3.8) is 0 Å². The predicted octanol–water partition coefficient (Wildman–Crippen LogP) is 4.11. The summed E-state index contributed by atoms with van der Waals surface area (Å²) in [7, 11) is 0. The van der Waals surface area contributed by atoms with E-state index in [1.54, 1.807) is 30.3 Å². The molecule has 2 aromatic carbocycles. The largest absolute Gasteiger partial charge is 0.351 e. The Hall–Kier alpha value is -2.44. The molecule has 2 aliphatic rings. The van der Waals surface area contributed by atoms with Crippen molar-refractivity contribution in [1.82, 2.24) is 15.1 Å². The first-order valence-electron chi connectivity index (χ1n) is 11.3. The Morgan fingerprint density at radius 1 is 1.03 bits per heavy atom. The fourth-order valence-electron chi connectivity index (χ4n) is 4.87. The summed E-state index contributed by atoms with van der Waals surface area (Å²) < 4.78 is 13.5. The molecule has 1 heterocycles. The van der Waals surface area contributed by atoms with Crippen LogP contribution in [0.25, 0.3) is 0 Å². The summed E-state index contributed by atoms with van der Waals surface area (Å²) in [6, 6.07) is 13.1. The number of nitrogens with zero attached hydrogens (tertiary/aromatic N) is 2. The van der Waals surface area contributed by atoms with Crippen LogP contribution in [-0.2, 0) is 11.3 Å². The SMILES string of the molecule is O=C(NCc1cccc(F)c1)[C@@H](C1CCCC1)N1CCN(C(=O)c2ccc(Cl)cc2)CC1. The van der Waals surface area contributed by atoms with Crippen molar-refractivity contribution in [1.29, 1.82) is 0 Å². The molecular formula is C25H29ClFN3O2. The molecule has 1 N–H and O–H groups in total. The maximum Gasteiger partial charge on any atom is 0.253 e. The molecule has 1 aliphatic carbocycles. The van der Waals surface area contributed by atoms with E-state index in [-0.39, 0.29) is 23.7 Å². The summed E-state index contributed by atoms with van der Waals surface area (Å²) in [5.74, 6) is 0.0134.